The van der Waals surface area contributed by atoms with Crippen LogP contribution in [0.4, 0.5) is 0 Å². The Morgan fingerprint density at radius 1 is 1.00 bits per heavy atom. The van der Waals surface area contributed by atoms with Crippen LogP contribution in [0.2, 0.25) is 0 Å². The summed E-state index contributed by atoms with van der Waals surface area (Å²) < 4.78 is 1.28. The van der Waals surface area contributed by atoms with Crippen molar-refractivity contribution in [1.29, 1.82) is 0 Å². The molecule has 0 rings (SSSR count). The number of halogens is 1. The first-order valence-electron chi connectivity index (χ1n) is 5.02. The lowest BCUT2D eigenvalue weighted by Gasteiger charge is -2.34. The summed E-state index contributed by atoms with van der Waals surface area (Å²) in [5.41, 5.74) is 0. The van der Waals surface area contributed by atoms with Gasteiger partial charge in [0.15, 0.2) is 0 Å². The molecule has 0 aromatic heterocycles. The number of aliphatic carboxylic acids is 1. The molecule has 14 heavy (non-hydrogen) atoms. The fraction of sp³-hybridized carbons (Fsp3) is 0.900. The van der Waals surface area contributed by atoms with Crippen molar-refractivity contribution < 1.29 is 14.4 Å². The number of hydrogen-bond donors (Lipinski definition) is 1. The number of carboxylic acids is 1. The average Bonchev–Trinajstić information content (AvgIpc) is 2.09. The Bertz CT molecular complexity index is 115. The van der Waals surface area contributed by atoms with Crippen LogP contribution in [0.3, 0.4) is 0 Å². The Morgan fingerprint density at radius 3 is 1.14 bits per heavy atom. The van der Waals surface area contributed by atoms with Crippen LogP contribution in [0.25, 0.3) is 0 Å². The van der Waals surface area contributed by atoms with E-state index in [1.807, 2.05) is 0 Å². The topological polar surface area (TPSA) is 37.3 Å². The molecule has 3 nitrogen and oxygen atoms in total. The highest BCUT2D eigenvalue weighted by Crippen LogP contribution is 2.03. The van der Waals surface area contributed by atoms with Gasteiger partial charge in [0.25, 0.3) is 5.97 Å². The van der Waals surface area contributed by atoms with E-state index in [-0.39, 0.29) is 17.0 Å². The molecule has 0 aromatic carbocycles. The van der Waals surface area contributed by atoms with Crippen LogP contribution in [0.15, 0.2) is 0 Å². The molecule has 0 heterocycles. The summed E-state index contributed by atoms with van der Waals surface area (Å²) in [6, 6.07) is 0. The van der Waals surface area contributed by atoms with Crippen molar-refractivity contribution in [3.8, 4) is 0 Å². The normalized spacial score (nSPS) is 9.50. The fourth-order valence-electron chi connectivity index (χ4n) is 1.34. The number of carboxylic acid groups (broad SMARTS) is 1. The van der Waals surface area contributed by atoms with Gasteiger partial charge in [0.2, 0.25) is 0 Å². The average molecular weight is 271 g/mol. The van der Waals surface area contributed by atoms with Gasteiger partial charge in [0.05, 0.1) is 26.2 Å². The van der Waals surface area contributed by atoms with Gasteiger partial charge in [-0.1, -0.05) is 0 Å². The van der Waals surface area contributed by atoms with Crippen molar-refractivity contribution in [3.63, 3.8) is 0 Å². The Morgan fingerprint density at radius 2 is 1.14 bits per heavy atom. The van der Waals surface area contributed by atoms with Gasteiger partial charge < -0.3 is 9.59 Å². The van der Waals surface area contributed by atoms with Crippen LogP contribution in [-0.4, -0.2) is 41.7 Å². The van der Waals surface area contributed by atoms with Crippen molar-refractivity contribution >= 4 is 23.0 Å². The predicted molar refractivity (Wildman–Crippen MR) is 66.1 cm³/mol. The molecule has 0 atom stereocenters. The number of hydrogen-bond acceptors (Lipinski definition) is 1. The van der Waals surface area contributed by atoms with Gasteiger partial charge in [-0.05, 0) is 27.7 Å². The summed E-state index contributed by atoms with van der Waals surface area (Å²) in [5, 5.41) is 7.42. The molecule has 0 amide bonds. The zero-order valence-electron chi connectivity index (χ0n) is 10.0. The lowest BCUT2D eigenvalue weighted by atomic mass is 10.3. The molecular weight excluding hydrogens is 246 g/mol. The maximum atomic E-state index is 9.00. The summed E-state index contributed by atoms with van der Waals surface area (Å²) in [6.45, 7) is 15.3. The lowest BCUT2D eigenvalue weighted by molar-refractivity contribution is -0.921. The molecule has 0 radical (unpaired) electrons. The molecule has 0 spiro atoms. The monoisotopic (exact) mass is 270 g/mol. The van der Waals surface area contributed by atoms with Gasteiger partial charge in [0.1, 0.15) is 0 Å². The van der Waals surface area contributed by atoms with E-state index in [1.54, 1.807) is 0 Å². The van der Waals surface area contributed by atoms with Crippen molar-refractivity contribution in [1.82, 2.24) is 0 Å². The van der Waals surface area contributed by atoms with E-state index in [0.29, 0.717) is 0 Å². The Kier molecular flexibility index (Phi) is 15.3. The minimum absolute atomic E-state index is 0. The Labute approximate surface area is 98.5 Å². The Hall–Kier alpha value is -0.0900. The molecule has 0 aliphatic rings. The minimum atomic E-state index is -0.833. The SMILES string of the molecule is Br.CC(=O)O.CC[N+](CC)(CC)CC. The number of quaternary nitrogens is 1. The van der Waals surface area contributed by atoms with Crippen LogP contribution in [0, 0.1) is 0 Å². The second kappa shape index (κ2) is 11.0. The highest BCUT2D eigenvalue weighted by atomic mass is 79.9. The third kappa shape index (κ3) is 9.99. The number of carbonyl (C=O) groups is 1. The summed E-state index contributed by atoms with van der Waals surface area (Å²) in [5.74, 6) is -0.833. The molecule has 0 saturated carbocycles. The minimum Gasteiger partial charge on any atom is -0.481 e. The highest BCUT2D eigenvalue weighted by molar-refractivity contribution is 8.93. The Balaban J connectivity index is -0.000000209. The third-order valence-electron chi connectivity index (χ3n) is 2.68. The first kappa shape index (κ1) is 19.5. The van der Waals surface area contributed by atoms with Gasteiger partial charge in [-0.2, -0.15) is 0 Å². The summed E-state index contributed by atoms with van der Waals surface area (Å²) >= 11 is 0. The standard InChI is InChI=1S/C8H20N.C2H4O2.BrH/c1-5-9(6-2,7-3)8-4;1-2(3)4;/h5-8H2,1-4H3;1H3,(H,3,4);1H/q+1;;. The zero-order chi connectivity index (χ0) is 10.9. The number of nitrogens with zero attached hydrogens (tertiary/aromatic N) is 1. The second-order valence-corrected chi connectivity index (χ2v) is 3.13. The van der Waals surface area contributed by atoms with Gasteiger partial charge in [-0.3, -0.25) is 4.79 Å². The maximum absolute atomic E-state index is 9.00. The maximum Gasteiger partial charge on any atom is 0.300 e. The van der Waals surface area contributed by atoms with Crippen molar-refractivity contribution in [2.24, 2.45) is 0 Å². The van der Waals surface area contributed by atoms with E-state index in [2.05, 4.69) is 27.7 Å². The van der Waals surface area contributed by atoms with Crippen LogP contribution in [0.5, 0.6) is 0 Å². The first-order chi connectivity index (χ1) is 5.97. The molecule has 0 saturated heterocycles. The van der Waals surface area contributed by atoms with E-state index in [9.17, 15) is 0 Å². The van der Waals surface area contributed by atoms with Crippen molar-refractivity contribution in [3.05, 3.63) is 0 Å². The van der Waals surface area contributed by atoms with Crippen LogP contribution >= 0.6 is 17.0 Å². The van der Waals surface area contributed by atoms with Gasteiger partial charge >= 0.3 is 0 Å². The molecular formula is C10H25BrNO2+. The molecule has 0 fully saturated rings. The van der Waals surface area contributed by atoms with Crippen molar-refractivity contribution in [2.45, 2.75) is 34.6 Å². The van der Waals surface area contributed by atoms with E-state index >= 15 is 0 Å². The summed E-state index contributed by atoms with van der Waals surface area (Å²) in [4.78, 5) is 9.00. The smallest absolute Gasteiger partial charge is 0.300 e. The van der Waals surface area contributed by atoms with E-state index in [0.717, 1.165) is 6.92 Å². The van der Waals surface area contributed by atoms with Gasteiger partial charge in [-0.15, -0.1) is 17.0 Å². The van der Waals surface area contributed by atoms with Gasteiger partial charge in [0, 0.05) is 6.92 Å². The highest BCUT2D eigenvalue weighted by Gasteiger charge is 2.16. The molecule has 1 N–H and O–H groups in total. The molecule has 0 aromatic rings. The molecule has 0 aliphatic carbocycles. The fourth-order valence-corrected chi connectivity index (χ4v) is 1.34. The van der Waals surface area contributed by atoms with E-state index in [1.165, 1.54) is 30.7 Å². The first-order valence-corrected chi connectivity index (χ1v) is 5.02. The molecule has 4 heteroatoms. The summed E-state index contributed by atoms with van der Waals surface area (Å²) in [7, 11) is 0. The predicted octanol–water partition coefficient (Wildman–Crippen LogP) is 2.55. The molecule has 0 unspecified atom stereocenters. The largest absolute Gasteiger partial charge is 0.481 e. The molecule has 0 bridgehead atoms. The summed E-state index contributed by atoms with van der Waals surface area (Å²) in [6.07, 6.45) is 0. The molecule has 88 valence electrons. The van der Waals surface area contributed by atoms with Gasteiger partial charge in [-0.25, -0.2) is 0 Å². The second-order valence-electron chi connectivity index (χ2n) is 3.13. The number of rotatable bonds is 4. The third-order valence-corrected chi connectivity index (χ3v) is 2.68. The zero-order valence-corrected chi connectivity index (χ0v) is 11.8. The van der Waals surface area contributed by atoms with Crippen LogP contribution in [0.1, 0.15) is 34.6 Å². The van der Waals surface area contributed by atoms with Crippen molar-refractivity contribution in [2.75, 3.05) is 26.2 Å². The van der Waals surface area contributed by atoms with E-state index in [4.69, 9.17) is 9.90 Å². The van der Waals surface area contributed by atoms with E-state index < -0.39 is 5.97 Å². The van der Waals surface area contributed by atoms with Crippen LogP contribution in [-0.2, 0) is 4.79 Å². The molecule has 0 aliphatic heterocycles. The quantitative estimate of drug-likeness (QED) is 0.798. The van der Waals surface area contributed by atoms with Crippen LogP contribution < -0.4 is 0 Å². The lowest BCUT2D eigenvalue weighted by Crippen LogP contribution is -2.47.